The molecule has 0 fully saturated rings. The number of anilines is 1. The Morgan fingerprint density at radius 3 is 2.45 bits per heavy atom. The molecule has 0 aliphatic carbocycles. The van der Waals surface area contributed by atoms with Gasteiger partial charge in [-0.15, -0.1) is 15.2 Å². The van der Waals surface area contributed by atoms with Gasteiger partial charge in [-0.2, -0.15) is 4.98 Å². The maximum Gasteiger partial charge on any atom is 0.291 e. The number of methoxy groups -OCH3 is 1. The summed E-state index contributed by atoms with van der Waals surface area (Å²) in [5.74, 6) is 1.98. The lowest BCUT2D eigenvalue weighted by molar-refractivity contribution is -0.742. The molecule has 4 N–H and O–H groups in total. The average molecular weight is 281 g/mol. The van der Waals surface area contributed by atoms with Crippen molar-refractivity contribution < 1.29 is 15.0 Å². The maximum atomic E-state index is 8.36. The molecule has 9 nitrogen and oxygen atoms in total. The first-order valence-electron chi connectivity index (χ1n) is 5.64. The minimum Gasteiger partial charge on any atom is -0.497 e. The monoisotopic (exact) mass is 281 g/mol. The predicted molar refractivity (Wildman–Crippen MR) is 70.0 cm³/mol. The van der Waals surface area contributed by atoms with Gasteiger partial charge in [0.1, 0.15) is 11.6 Å². The molecule has 1 aromatic carbocycles. The molecular formula is C11H15N5O4. The number of ether oxygens (including phenoxy) is 1. The molecule has 20 heavy (non-hydrogen) atoms. The lowest BCUT2D eigenvalue weighted by atomic mass is 10.1. The first-order chi connectivity index (χ1) is 9.51. The van der Waals surface area contributed by atoms with Gasteiger partial charge >= 0.3 is 0 Å². The van der Waals surface area contributed by atoms with Crippen molar-refractivity contribution in [2.75, 3.05) is 12.8 Å². The fraction of sp³-hybridized carbons (Fsp3) is 0.273. The van der Waals surface area contributed by atoms with E-state index in [1.165, 1.54) is 5.56 Å². The third-order valence-corrected chi connectivity index (χ3v) is 2.36. The molecule has 0 aliphatic heterocycles. The third kappa shape index (κ3) is 5.67. The Bertz CT molecular complexity index is 536. The van der Waals surface area contributed by atoms with E-state index < -0.39 is 5.09 Å². The molecule has 0 spiro atoms. The summed E-state index contributed by atoms with van der Waals surface area (Å²) in [6.07, 6.45) is 1.70. The molecular weight excluding hydrogens is 266 g/mol. The zero-order valence-electron chi connectivity index (χ0n) is 10.8. The van der Waals surface area contributed by atoms with Gasteiger partial charge in [-0.25, -0.2) is 0 Å². The largest absolute Gasteiger partial charge is 0.497 e. The second kappa shape index (κ2) is 7.56. The molecule has 1 aromatic heterocycles. The van der Waals surface area contributed by atoms with Gasteiger partial charge in [-0.1, -0.05) is 12.1 Å². The van der Waals surface area contributed by atoms with Gasteiger partial charge < -0.3 is 15.7 Å². The number of aryl methyl sites for hydroxylation is 2. The quantitative estimate of drug-likeness (QED) is 0.556. The van der Waals surface area contributed by atoms with Gasteiger partial charge in [0.25, 0.3) is 5.09 Å². The SMILES string of the molecule is COc1ccc(CCc2nc(N)n[nH]2)cc1.O=[N+]([O-])O. The highest BCUT2D eigenvalue weighted by Crippen LogP contribution is 2.12. The van der Waals surface area contributed by atoms with Crippen LogP contribution in [0, 0.1) is 10.1 Å². The first-order valence-corrected chi connectivity index (χ1v) is 5.64. The van der Waals surface area contributed by atoms with Gasteiger partial charge in [-0.3, -0.25) is 5.10 Å². The van der Waals surface area contributed by atoms with E-state index in [9.17, 15) is 0 Å². The molecule has 1 heterocycles. The third-order valence-electron chi connectivity index (χ3n) is 2.36. The fourth-order valence-electron chi connectivity index (χ4n) is 1.48. The zero-order chi connectivity index (χ0) is 15.0. The van der Waals surface area contributed by atoms with Crippen LogP contribution in [-0.2, 0) is 12.8 Å². The summed E-state index contributed by atoms with van der Waals surface area (Å²) < 4.78 is 5.09. The smallest absolute Gasteiger partial charge is 0.291 e. The normalized spacial score (nSPS) is 9.45. The summed E-state index contributed by atoms with van der Waals surface area (Å²) in [5, 5.41) is 20.2. The number of nitrogens with one attached hydrogen (secondary N) is 1. The van der Waals surface area contributed by atoms with Crippen molar-refractivity contribution in [1.82, 2.24) is 15.2 Å². The van der Waals surface area contributed by atoms with E-state index in [-0.39, 0.29) is 0 Å². The average Bonchev–Trinajstić information content (AvgIpc) is 2.82. The van der Waals surface area contributed by atoms with E-state index in [0.29, 0.717) is 5.95 Å². The van der Waals surface area contributed by atoms with Crippen LogP contribution in [0.3, 0.4) is 0 Å². The Hall–Kier alpha value is -2.84. The van der Waals surface area contributed by atoms with Crippen molar-refractivity contribution in [2.24, 2.45) is 0 Å². The summed E-state index contributed by atoms with van der Waals surface area (Å²) in [4.78, 5) is 12.4. The highest BCUT2D eigenvalue weighted by molar-refractivity contribution is 5.27. The Morgan fingerprint density at radius 2 is 2.00 bits per heavy atom. The van der Waals surface area contributed by atoms with Crippen LogP contribution in [0.4, 0.5) is 5.95 Å². The zero-order valence-corrected chi connectivity index (χ0v) is 10.8. The number of H-pyrrole nitrogens is 1. The Kier molecular flexibility index (Phi) is 5.75. The lowest BCUT2D eigenvalue weighted by Crippen LogP contribution is -1.94. The summed E-state index contributed by atoms with van der Waals surface area (Å²) in [6, 6.07) is 7.98. The van der Waals surface area contributed by atoms with Crippen LogP contribution in [0.15, 0.2) is 24.3 Å². The van der Waals surface area contributed by atoms with Crippen molar-refractivity contribution in [2.45, 2.75) is 12.8 Å². The molecule has 0 aliphatic rings. The number of aromatic nitrogens is 3. The summed E-state index contributed by atoms with van der Waals surface area (Å²) in [7, 11) is 1.66. The number of aromatic amines is 1. The molecule has 108 valence electrons. The van der Waals surface area contributed by atoms with Crippen molar-refractivity contribution >= 4 is 5.95 Å². The van der Waals surface area contributed by atoms with Gasteiger partial charge in [0, 0.05) is 6.42 Å². The topological polar surface area (TPSA) is 140 Å². The van der Waals surface area contributed by atoms with Crippen molar-refractivity contribution in [1.29, 1.82) is 0 Å². The van der Waals surface area contributed by atoms with Crippen molar-refractivity contribution in [3.05, 3.63) is 45.8 Å². The van der Waals surface area contributed by atoms with E-state index in [1.807, 2.05) is 24.3 Å². The van der Waals surface area contributed by atoms with E-state index in [0.717, 1.165) is 24.4 Å². The molecule has 0 saturated carbocycles. The lowest BCUT2D eigenvalue weighted by Gasteiger charge is -2.01. The summed E-state index contributed by atoms with van der Waals surface area (Å²) in [6.45, 7) is 0. The molecule has 2 rings (SSSR count). The van der Waals surface area contributed by atoms with Crippen LogP contribution >= 0.6 is 0 Å². The van der Waals surface area contributed by atoms with Gasteiger partial charge in [0.15, 0.2) is 0 Å². The Labute approximate surface area is 114 Å². The minimum atomic E-state index is -1.50. The molecule has 0 unspecified atom stereocenters. The van der Waals surface area contributed by atoms with Crippen LogP contribution in [0.25, 0.3) is 0 Å². The first kappa shape index (κ1) is 15.2. The van der Waals surface area contributed by atoms with E-state index >= 15 is 0 Å². The number of nitrogens with zero attached hydrogens (tertiary/aromatic N) is 3. The molecule has 0 radical (unpaired) electrons. The Morgan fingerprint density at radius 1 is 1.40 bits per heavy atom. The van der Waals surface area contributed by atoms with Crippen LogP contribution in [0.2, 0.25) is 0 Å². The van der Waals surface area contributed by atoms with E-state index in [1.54, 1.807) is 7.11 Å². The minimum absolute atomic E-state index is 0.296. The second-order valence-electron chi connectivity index (χ2n) is 3.73. The van der Waals surface area contributed by atoms with E-state index in [2.05, 4.69) is 15.2 Å². The van der Waals surface area contributed by atoms with Crippen LogP contribution < -0.4 is 10.5 Å². The standard InChI is InChI=1S/C11H14N4O.HNO3/c1-16-9-5-2-8(3-6-9)4-7-10-13-11(12)15-14-10;2-1(3)4/h2-3,5-6H,4,7H2,1H3,(H3,12,13,14,15);(H,2,3,4). The molecule has 0 bridgehead atoms. The van der Waals surface area contributed by atoms with Crippen LogP contribution in [0.5, 0.6) is 5.75 Å². The van der Waals surface area contributed by atoms with Crippen LogP contribution in [0.1, 0.15) is 11.4 Å². The Balaban J connectivity index is 0.000000444. The highest BCUT2D eigenvalue weighted by atomic mass is 16.9. The van der Waals surface area contributed by atoms with Crippen LogP contribution in [-0.4, -0.2) is 32.6 Å². The second-order valence-corrected chi connectivity index (χ2v) is 3.73. The number of rotatable bonds is 4. The fourth-order valence-corrected chi connectivity index (χ4v) is 1.48. The number of benzene rings is 1. The molecule has 9 heteroatoms. The van der Waals surface area contributed by atoms with Crippen molar-refractivity contribution in [3.8, 4) is 5.75 Å². The van der Waals surface area contributed by atoms with Crippen molar-refractivity contribution in [3.63, 3.8) is 0 Å². The van der Waals surface area contributed by atoms with E-state index in [4.69, 9.17) is 25.8 Å². The molecule has 0 amide bonds. The summed E-state index contributed by atoms with van der Waals surface area (Å²) in [5.41, 5.74) is 6.65. The number of hydrogen-bond acceptors (Lipinski definition) is 6. The molecule has 0 atom stereocenters. The molecule has 2 aromatic rings. The number of nitrogen functional groups attached to an aromatic ring is 1. The van der Waals surface area contributed by atoms with Gasteiger partial charge in [0.05, 0.1) is 7.11 Å². The summed E-state index contributed by atoms with van der Waals surface area (Å²) >= 11 is 0. The molecule has 0 saturated heterocycles. The number of nitrogens with two attached hydrogens (primary N) is 1. The maximum absolute atomic E-state index is 8.36. The van der Waals surface area contributed by atoms with Gasteiger partial charge in [-0.05, 0) is 24.1 Å². The predicted octanol–water partition coefficient (Wildman–Crippen LogP) is 0.833. The van der Waals surface area contributed by atoms with Gasteiger partial charge in [0.2, 0.25) is 5.95 Å². The highest BCUT2D eigenvalue weighted by Gasteiger charge is 2.00. The number of hydrogen-bond donors (Lipinski definition) is 3.